The maximum atomic E-state index is 12.0. The van der Waals surface area contributed by atoms with Crippen molar-refractivity contribution in [2.24, 2.45) is 5.41 Å². The van der Waals surface area contributed by atoms with Crippen molar-refractivity contribution in [3.63, 3.8) is 0 Å². The second kappa shape index (κ2) is 4.27. The Balaban J connectivity index is 2.83. The van der Waals surface area contributed by atoms with Gasteiger partial charge in [-0.05, 0) is 46.0 Å². The van der Waals surface area contributed by atoms with Gasteiger partial charge in [0.2, 0.25) is 0 Å². The van der Waals surface area contributed by atoms with Crippen LogP contribution in [0.1, 0.15) is 54.4 Å². The summed E-state index contributed by atoms with van der Waals surface area (Å²) >= 11 is 0. The van der Waals surface area contributed by atoms with Gasteiger partial charge >= 0.3 is 6.09 Å². The fraction of sp³-hybridized carbons (Fsp3) is 0.923. The Morgan fingerprint density at radius 1 is 1.25 bits per heavy atom. The highest BCUT2D eigenvalue weighted by atomic mass is 16.6. The molecule has 0 saturated carbocycles. The van der Waals surface area contributed by atoms with Crippen LogP contribution < -0.4 is 0 Å². The standard InChI is InChI=1S/C13H25NO2/c1-10(2)16-11(15)14-9-7-8-12(3,4)13(14,5)6/h10H,7-9H2,1-6H3. The fourth-order valence-corrected chi connectivity index (χ4v) is 2.21. The molecule has 0 atom stereocenters. The van der Waals surface area contributed by atoms with Crippen LogP contribution in [0.4, 0.5) is 4.79 Å². The monoisotopic (exact) mass is 227 g/mol. The van der Waals surface area contributed by atoms with Gasteiger partial charge in [-0.15, -0.1) is 0 Å². The molecule has 0 aliphatic carbocycles. The number of piperidine rings is 1. The van der Waals surface area contributed by atoms with Crippen molar-refractivity contribution in [1.82, 2.24) is 4.90 Å². The predicted molar refractivity (Wildman–Crippen MR) is 65.4 cm³/mol. The molecular formula is C13H25NO2. The van der Waals surface area contributed by atoms with Gasteiger partial charge in [0, 0.05) is 12.1 Å². The number of rotatable bonds is 1. The highest BCUT2D eigenvalue weighted by molar-refractivity contribution is 5.69. The zero-order valence-corrected chi connectivity index (χ0v) is 11.5. The Hall–Kier alpha value is -0.730. The van der Waals surface area contributed by atoms with E-state index in [0.29, 0.717) is 0 Å². The van der Waals surface area contributed by atoms with E-state index in [2.05, 4.69) is 27.7 Å². The molecule has 1 fully saturated rings. The van der Waals surface area contributed by atoms with Gasteiger partial charge in [0.15, 0.2) is 0 Å². The van der Waals surface area contributed by atoms with E-state index in [9.17, 15) is 4.79 Å². The number of hydrogen-bond donors (Lipinski definition) is 0. The summed E-state index contributed by atoms with van der Waals surface area (Å²) in [5.74, 6) is 0. The quantitative estimate of drug-likeness (QED) is 0.687. The first kappa shape index (κ1) is 13.3. The van der Waals surface area contributed by atoms with E-state index in [4.69, 9.17) is 4.74 Å². The molecule has 0 aromatic carbocycles. The maximum Gasteiger partial charge on any atom is 0.410 e. The molecule has 3 heteroatoms. The predicted octanol–water partition coefficient (Wildman–Crippen LogP) is 3.43. The molecule has 94 valence electrons. The molecule has 0 spiro atoms. The van der Waals surface area contributed by atoms with Crippen molar-refractivity contribution < 1.29 is 9.53 Å². The molecule has 1 rings (SSSR count). The molecular weight excluding hydrogens is 202 g/mol. The molecule has 1 amide bonds. The molecule has 1 saturated heterocycles. The first-order valence-electron chi connectivity index (χ1n) is 6.17. The van der Waals surface area contributed by atoms with E-state index in [1.807, 2.05) is 18.7 Å². The average Bonchev–Trinajstić information content (AvgIpc) is 2.08. The SMILES string of the molecule is CC(C)OC(=O)N1CCCC(C)(C)C1(C)C. The Morgan fingerprint density at radius 2 is 1.81 bits per heavy atom. The minimum absolute atomic E-state index is 0.0478. The average molecular weight is 227 g/mol. The highest BCUT2D eigenvalue weighted by Gasteiger charge is 2.47. The van der Waals surface area contributed by atoms with E-state index < -0.39 is 0 Å². The lowest BCUT2D eigenvalue weighted by atomic mass is 9.68. The zero-order valence-electron chi connectivity index (χ0n) is 11.5. The number of hydrogen-bond acceptors (Lipinski definition) is 2. The highest BCUT2D eigenvalue weighted by Crippen LogP contribution is 2.43. The lowest BCUT2D eigenvalue weighted by Crippen LogP contribution is -2.59. The largest absolute Gasteiger partial charge is 0.447 e. The lowest BCUT2D eigenvalue weighted by molar-refractivity contribution is -0.0340. The van der Waals surface area contributed by atoms with Crippen molar-refractivity contribution in [3.8, 4) is 0 Å². The summed E-state index contributed by atoms with van der Waals surface area (Å²) in [5, 5.41) is 0. The summed E-state index contributed by atoms with van der Waals surface area (Å²) in [6, 6.07) is 0. The molecule has 0 N–H and O–H groups in total. The van der Waals surface area contributed by atoms with Crippen molar-refractivity contribution in [3.05, 3.63) is 0 Å². The van der Waals surface area contributed by atoms with Crippen LogP contribution in [0.25, 0.3) is 0 Å². The summed E-state index contributed by atoms with van der Waals surface area (Å²) in [4.78, 5) is 13.9. The lowest BCUT2D eigenvalue weighted by Gasteiger charge is -2.52. The van der Waals surface area contributed by atoms with Gasteiger partial charge in [-0.25, -0.2) is 4.79 Å². The van der Waals surface area contributed by atoms with Crippen molar-refractivity contribution in [2.45, 2.75) is 66.0 Å². The van der Waals surface area contributed by atoms with E-state index in [-0.39, 0.29) is 23.2 Å². The van der Waals surface area contributed by atoms with Crippen LogP contribution in [0.5, 0.6) is 0 Å². The Bertz CT molecular complexity index is 269. The third-order valence-electron chi connectivity index (χ3n) is 4.07. The van der Waals surface area contributed by atoms with E-state index in [0.717, 1.165) is 19.4 Å². The summed E-state index contributed by atoms with van der Waals surface area (Å²) in [6.07, 6.45) is 2.00. The Labute approximate surface area is 99.1 Å². The van der Waals surface area contributed by atoms with Crippen molar-refractivity contribution in [2.75, 3.05) is 6.54 Å². The van der Waals surface area contributed by atoms with E-state index in [1.165, 1.54) is 0 Å². The summed E-state index contributed by atoms with van der Waals surface area (Å²) in [5.41, 5.74) is -0.00152. The number of carbonyl (C=O) groups is 1. The smallest absolute Gasteiger partial charge is 0.410 e. The molecule has 16 heavy (non-hydrogen) atoms. The van der Waals surface area contributed by atoms with Gasteiger partial charge in [-0.1, -0.05) is 13.8 Å². The molecule has 0 radical (unpaired) electrons. The number of nitrogens with zero attached hydrogens (tertiary/aromatic N) is 1. The normalized spacial score (nSPS) is 23.3. The summed E-state index contributed by atoms with van der Waals surface area (Å²) in [6.45, 7) is 13.3. The molecule has 1 aliphatic heterocycles. The third kappa shape index (κ3) is 2.33. The minimum Gasteiger partial charge on any atom is -0.447 e. The van der Waals surface area contributed by atoms with Crippen molar-refractivity contribution >= 4 is 6.09 Å². The first-order valence-corrected chi connectivity index (χ1v) is 6.17. The molecule has 1 aliphatic rings. The topological polar surface area (TPSA) is 29.5 Å². The van der Waals surface area contributed by atoms with Gasteiger partial charge in [0.05, 0.1) is 6.10 Å². The van der Waals surface area contributed by atoms with Gasteiger partial charge in [-0.2, -0.15) is 0 Å². The van der Waals surface area contributed by atoms with Gasteiger partial charge in [0.25, 0.3) is 0 Å². The number of likely N-dealkylation sites (tertiary alicyclic amines) is 1. The van der Waals surface area contributed by atoms with Crippen LogP contribution in [0.15, 0.2) is 0 Å². The van der Waals surface area contributed by atoms with Crippen molar-refractivity contribution in [1.29, 1.82) is 0 Å². The van der Waals surface area contributed by atoms with E-state index in [1.54, 1.807) is 0 Å². The second-order valence-electron chi connectivity index (χ2n) is 6.13. The van der Waals surface area contributed by atoms with Crippen LogP contribution in [-0.4, -0.2) is 29.2 Å². The molecule has 0 bridgehead atoms. The molecule has 0 unspecified atom stereocenters. The maximum absolute atomic E-state index is 12.0. The van der Waals surface area contributed by atoms with Crippen LogP contribution in [0.2, 0.25) is 0 Å². The molecule has 1 heterocycles. The summed E-state index contributed by atoms with van der Waals surface area (Å²) < 4.78 is 5.31. The summed E-state index contributed by atoms with van der Waals surface area (Å²) in [7, 11) is 0. The molecule has 0 aromatic heterocycles. The first-order chi connectivity index (χ1) is 7.18. The second-order valence-corrected chi connectivity index (χ2v) is 6.13. The fourth-order valence-electron chi connectivity index (χ4n) is 2.21. The third-order valence-corrected chi connectivity index (χ3v) is 4.07. The van der Waals surface area contributed by atoms with Gasteiger partial charge in [-0.3, -0.25) is 0 Å². The van der Waals surface area contributed by atoms with Gasteiger partial charge < -0.3 is 9.64 Å². The minimum atomic E-state index is -0.173. The number of amides is 1. The molecule has 3 nitrogen and oxygen atoms in total. The zero-order chi connectivity index (χ0) is 12.6. The van der Waals surface area contributed by atoms with Crippen LogP contribution in [-0.2, 0) is 4.74 Å². The van der Waals surface area contributed by atoms with Gasteiger partial charge in [0.1, 0.15) is 0 Å². The Morgan fingerprint density at radius 3 is 2.31 bits per heavy atom. The van der Waals surface area contributed by atoms with E-state index >= 15 is 0 Å². The number of ether oxygens (including phenoxy) is 1. The van der Waals surface area contributed by atoms with Crippen LogP contribution in [0, 0.1) is 5.41 Å². The van der Waals surface area contributed by atoms with Crippen LogP contribution in [0.3, 0.4) is 0 Å². The molecule has 0 aromatic rings. The number of carbonyl (C=O) groups excluding carboxylic acids is 1. The van der Waals surface area contributed by atoms with Crippen LogP contribution >= 0.6 is 0 Å². The Kier molecular flexibility index (Phi) is 3.56.